The molecule has 1 spiro atoms. The Morgan fingerprint density at radius 3 is 2.65 bits per heavy atom. The number of Topliss-reactive ketones (excluding diaryl/α,β-unsaturated/α-hetero) is 3. The summed E-state index contributed by atoms with van der Waals surface area (Å²) in [6, 6.07) is 9.84. The summed E-state index contributed by atoms with van der Waals surface area (Å²) < 4.78 is 17.8. The number of carbonyl (C=O) groups is 3. The molecule has 2 aromatic heterocycles. The fourth-order valence-electron chi connectivity index (χ4n) is 5.34. The molecule has 1 saturated heterocycles. The van der Waals surface area contributed by atoms with Crippen LogP contribution < -0.4 is 14.8 Å². The number of ether oxygens (including phenoxy) is 2. The van der Waals surface area contributed by atoms with E-state index >= 15 is 0 Å². The molecule has 1 fully saturated rings. The number of carbonyl (C=O) groups excluding carboxylic acids is 3. The smallest absolute Gasteiger partial charge is 0.212 e. The van der Waals surface area contributed by atoms with Crippen LogP contribution in [0.2, 0.25) is 0 Å². The average molecular weight is 501 g/mol. The number of furan rings is 1. The lowest BCUT2D eigenvalue weighted by molar-refractivity contribution is -0.0145. The largest absolute Gasteiger partial charge is 0.493 e. The molecule has 0 aliphatic carbocycles. The molecule has 4 aromatic rings. The first kappa shape index (κ1) is 23.0. The number of methoxy groups -OCH3 is 1. The van der Waals surface area contributed by atoms with E-state index in [0.29, 0.717) is 59.8 Å². The van der Waals surface area contributed by atoms with Crippen LogP contribution in [0.15, 0.2) is 40.8 Å². The van der Waals surface area contributed by atoms with Gasteiger partial charge in [0.1, 0.15) is 17.3 Å². The number of aromatic nitrogens is 4. The molecule has 188 valence electrons. The highest BCUT2D eigenvalue weighted by Crippen LogP contribution is 2.45. The van der Waals surface area contributed by atoms with E-state index in [-0.39, 0.29) is 28.5 Å². The Bertz CT molecular complexity index is 1550. The number of nitrogens with one attached hydrogen (secondary N) is 2. The first-order valence-electron chi connectivity index (χ1n) is 11.9. The van der Waals surface area contributed by atoms with Crippen LogP contribution in [0.25, 0.3) is 22.4 Å². The van der Waals surface area contributed by atoms with Crippen LogP contribution in [0.5, 0.6) is 11.5 Å². The van der Waals surface area contributed by atoms with Crippen LogP contribution >= 0.6 is 0 Å². The minimum Gasteiger partial charge on any atom is -0.493 e. The number of H-pyrrole nitrogens is 1. The summed E-state index contributed by atoms with van der Waals surface area (Å²) in [5, 5.41) is 17.7. The lowest BCUT2D eigenvalue weighted by Gasteiger charge is -2.45. The number of aromatic amines is 1. The van der Waals surface area contributed by atoms with Crippen LogP contribution in [0, 0.1) is 5.92 Å². The third kappa shape index (κ3) is 3.61. The van der Waals surface area contributed by atoms with Gasteiger partial charge in [0.15, 0.2) is 28.7 Å². The van der Waals surface area contributed by atoms with Crippen molar-refractivity contribution in [1.82, 2.24) is 25.9 Å². The van der Waals surface area contributed by atoms with E-state index < -0.39 is 17.3 Å². The third-order valence-corrected chi connectivity index (χ3v) is 7.15. The number of fused-ring (bicyclic) bond motifs is 2. The third-order valence-electron chi connectivity index (χ3n) is 7.15. The molecule has 6 rings (SSSR count). The Kier molecular flexibility index (Phi) is 5.37. The lowest BCUT2D eigenvalue weighted by atomic mass is 9.71. The molecule has 0 amide bonds. The number of hydrogen-bond acceptors (Lipinski definition) is 10. The second kappa shape index (κ2) is 8.63. The van der Waals surface area contributed by atoms with Crippen LogP contribution in [0.3, 0.4) is 0 Å². The van der Waals surface area contributed by atoms with Crippen LogP contribution in [0.1, 0.15) is 51.0 Å². The van der Waals surface area contributed by atoms with Gasteiger partial charge in [0, 0.05) is 29.4 Å². The number of benzene rings is 2. The molecule has 2 aliphatic rings. The van der Waals surface area contributed by atoms with Gasteiger partial charge in [-0.2, -0.15) is 5.21 Å². The quantitative estimate of drug-likeness (QED) is 0.309. The first-order chi connectivity index (χ1) is 17.9. The summed E-state index contributed by atoms with van der Waals surface area (Å²) >= 11 is 0. The summed E-state index contributed by atoms with van der Waals surface area (Å²) in [7, 11) is 1.48. The fraction of sp³-hybridized carbons (Fsp3) is 0.308. The van der Waals surface area contributed by atoms with Crippen molar-refractivity contribution in [2.45, 2.75) is 25.4 Å². The Balaban J connectivity index is 1.48. The van der Waals surface area contributed by atoms with E-state index in [0.717, 1.165) is 0 Å². The fourth-order valence-corrected chi connectivity index (χ4v) is 5.34. The summed E-state index contributed by atoms with van der Waals surface area (Å²) in [6.45, 7) is 2.63. The number of piperidine rings is 1. The normalized spacial score (nSPS) is 18.4. The minimum absolute atomic E-state index is 0.0281. The van der Waals surface area contributed by atoms with Gasteiger partial charge < -0.3 is 19.2 Å². The number of rotatable bonds is 5. The highest BCUT2D eigenvalue weighted by atomic mass is 16.5. The Hall–Kier alpha value is -4.38. The van der Waals surface area contributed by atoms with Crippen molar-refractivity contribution in [3.63, 3.8) is 0 Å². The van der Waals surface area contributed by atoms with E-state index in [2.05, 4.69) is 25.9 Å². The lowest BCUT2D eigenvalue weighted by Crippen LogP contribution is -2.58. The minimum atomic E-state index is -1.14. The van der Waals surface area contributed by atoms with Crippen molar-refractivity contribution in [3.05, 3.63) is 53.3 Å². The topological polar surface area (TPSA) is 149 Å². The highest BCUT2D eigenvalue weighted by Gasteiger charge is 2.54. The maximum absolute atomic E-state index is 14.1. The van der Waals surface area contributed by atoms with E-state index in [4.69, 9.17) is 13.9 Å². The van der Waals surface area contributed by atoms with E-state index in [1.54, 1.807) is 30.3 Å². The number of nitrogens with zero attached hydrogens (tertiary/aromatic N) is 3. The number of tetrazole rings is 1. The zero-order valence-electron chi connectivity index (χ0n) is 20.2. The summed E-state index contributed by atoms with van der Waals surface area (Å²) in [5.41, 5.74) is 0.477. The highest BCUT2D eigenvalue weighted by molar-refractivity contribution is 6.19. The van der Waals surface area contributed by atoms with Crippen molar-refractivity contribution >= 4 is 28.3 Å². The molecule has 1 atom stereocenters. The van der Waals surface area contributed by atoms with Gasteiger partial charge in [0.05, 0.1) is 12.7 Å². The van der Waals surface area contributed by atoms with Gasteiger partial charge in [-0.25, -0.2) is 0 Å². The summed E-state index contributed by atoms with van der Waals surface area (Å²) in [6.07, 6.45) is 0.923. The monoisotopic (exact) mass is 501 g/mol. The van der Waals surface area contributed by atoms with Crippen molar-refractivity contribution in [2.75, 3.05) is 20.2 Å². The van der Waals surface area contributed by atoms with E-state index in [1.165, 1.54) is 20.1 Å². The van der Waals surface area contributed by atoms with Gasteiger partial charge >= 0.3 is 0 Å². The molecule has 0 radical (unpaired) electrons. The Morgan fingerprint density at radius 1 is 1.14 bits per heavy atom. The summed E-state index contributed by atoms with van der Waals surface area (Å²) in [4.78, 5) is 40.3. The zero-order valence-corrected chi connectivity index (χ0v) is 20.2. The number of ketones is 3. The predicted octanol–water partition coefficient (Wildman–Crippen LogP) is 3.02. The zero-order chi connectivity index (χ0) is 25.7. The van der Waals surface area contributed by atoms with Gasteiger partial charge in [-0.3, -0.25) is 14.4 Å². The maximum Gasteiger partial charge on any atom is 0.212 e. The van der Waals surface area contributed by atoms with E-state index in [1.807, 2.05) is 0 Å². The summed E-state index contributed by atoms with van der Waals surface area (Å²) in [5.74, 6) is -1.10. The number of hydrogen-bond donors (Lipinski definition) is 2. The van der Waals surface area contributed by atoms with Crippen molar-refractivity contribution < 1.29 is 28.3 Å². The predicted molar refractivity (Wildman–Crippen MR) is 130 cm³/mol. The molecule has 2 N–H and O–H groups in total. The maximum atomic E-state index is 14.1. The van der Waals surface area contributed by atoms with Crippen LogP contribution in [-0.2, 0) is 0 Å². The van der Waals surface area contributed by atoms with Gasteiger partial charge in [-0.1, -0.05) is 0 Å². The van der Waals surface area contributed by atoms with Crippen molar-refractivity contribution in [3.8, 4) is 22.9 Å². The van der Waals surface area contributed by atoms with Crippen LogP contribution in [-0.4, -0.2) is 63.8 Å². The van der Waals surface area contributed by atoms with Crippen molar-refractivity contribution in [2.24, 2.45) is 5.92 Å². The standard InChI is InChI=1S/C26H23N5O6/c1-13(32)15-4-6-19(35-2)24-16(15)12-20(36-24)23(34)21-22(33)17-11-14(25-28-30-31-29-25)3-5-18(17)37-26(21)7-9-27-10-8-26/h3-6,11-12,21,27H,7-10H2,1-2H3,(H,28,29,30,31)/t21-/m1/s1. The SMILES string of the molecule is COc1ccc(C(C)=O)c2cc(C(=O)[C@H]3C(=O)c4cc(-c5nn[nH]n5)ccc4OC34CCNCC4)oc12. The average Bonchev–Trinajstić information content (AvgIpc) is 3.59. The molecule has 11 nitrogen and oxygen atoms in total. The molecule has 0 saturated carbocycles. The van der Waals surface area contributed by atoms with Crippen molar-refractivity contribution in [1.29, 1.82) is 0 Å². The second-order valence-corrected chi connectivity index (χ2v) is 9.25. The Morgan fingerprint density at radius 2 is 1.95 bits per heavy atom. The first-order valence-corrected chi connectivity index (χ1v) is 11.9. The molecule has 4 heterocycles. The van der Waals surface area contributed by atoms with Crippen LogP contribution in [0.4, 0.5) is 0 Å². The molecule has 2 aliphatic heterocycles. The molecule has 37 heavy (non-hydrogen) atoms. The molecule has 11 heteroatoms. The van der Waals surface area contributed by atoms with E-state index in [9.17, 15) is 14.4 Å². The molecule has 2 aromatic carbocycles. The van der Waals surface area contributed by atoms with Gasteiger partial charge in [-0.15, -0.1) is 10.2 Å². The van der Waals surface area contributed by atoms with Gasteiger partial charge in [0.25, 0.3) is 0 Å². The second-order valence-electron chi connectivity index (χ2n) is 9.25. The molecular weight excluding hydrogens is 478 g/mol. The Labute approximate surface area is 210 Å². The molecule has 0 bridgehead atoms. The van der Waals surface area contributed by atoms with Gasteiger partial charge in [-0.05, 0) is 61.6 Å². The molecule has 0 unspecified atom stereocenters. The van der Waals surface area contributed by atoms with Gasteiger partial charge in [0.2, 0.25) is 11.6 Å². The molecular formula is C26H23N5O6.